The maximum Gasteiger partial charge on any atom is 0.0415 e. The fourth-order valence-electron chi connectivity index (χ4n) is 3.74. The molecule has 1 aromatic carbocycles. The minimum absolute atomic E-state index is 0.780. The molecule has 2 saturated carbocycles. The van der Waals surface area contributed by atoms with Gasteiger partial charge in [0.2, 0.25) is 0 Å². The summed E-state index contributed by atoms with van der Waals surface area (Å²) in [5.74, 6) is 0.956. The second-order valence-corrected chi connectivity index (χ2v) is 7.33. The second-order valence-electron chi connectivity index (χ2n) is 6.41. The van der Waals surface area contributed by atoms with Crippen LogP contribution in [0.3, 0.4) is 0 Å². The number of hydrogen-bond acceptors (Lipinski definition) is 2. The molecule has 2 atom stereocenters. The van der Waals surface area contributed by atoms with Gasteiger partial charge in [-0.2, -0.15) is 0 Å². The van der Waals surface area contributed by atoms with E-state index in [9.17, 15) is 0 Å². The molecule has 0 amide bonds. The number of halogens is 1. The van der Waals surface area contributed by atoms with Crippen LogP contribution in [0.5, 0.6) is 0 Å². The van der Waals surface area contributed by atoms with Crippen molar-refractivity contribution in [3.05, 3.63) is 28.2 Å². The average Bonchev–Trinajstić information content (AvgIpc) is 3.01. The Hall–Kier alpha value is -0.540. The van der Waals surface area contributed by atoms with Gasteiger partial charge in [0, 0.05) is 35.3 Å². The maximum atomic E-state index is 3.66. The summed E-state index contributed by atoms with van der Waals surface area (Å²) in [5.41, 5.74) is 2.94. The highest BCUT2D eigenvalue weighted by atomic mass is 79.9. The summed E-state index contributed by atoms with van der Waals surface area (Å²) < 4.78 is 1.20. The first-order valence-electron chi connectivity index (χ1n) is 7.58. The van der Waals surface area contributed by atoms with Gasteiger partial charge < -0.3 is 10.2 Å². The van der Waals surface area contributed by atoms with Gasteiger partial charge in [0.05, 0.1) is 0 Å². The van der Waals surface area contributed by atoms with E-state index in [1.165, 1.54) is 54.4 Å². The third-order valence-electron chi connectivity index (χ3n) is 4.92. The zero-order valence-electron chi connectivity index (χ0n) is 11.2. The number of hydrogen-bond donors (Lipinski definition) is 1. The van der Waals surface area contributed by atoms with Crippen molar-refractivity contribution in [2.75, 3.05) is 11.4 Å². The summed E-state index contributed by atoms with van der Waals surface area (Å²) in [6, 6.07) is 8.40. The van der Waals surface area contributed by atoms with Gasteiger partial charge >= 0.3 is 0 Å². The highest BCUT2D eigenvalue weighted by Gasteiger charge is 2.38. The Bertz CT molecular complexity index is 484. The maximum absolute atomic E-state index is 3.66. The van der Waals surface area contributed by atoms with Crippen LogP contribution in [-0.2, 0) is 6.54 Å². The molecule has 19 heavy (non-hydrogen) atoms. The molecule has 2 bridgehead atoms. The van der Waals surface area contributed by atoms with Crippen molar-refractivity contribution in [1.29, 1.82) is 0 Å². The molecule has 1 aliphatic heterocycles. The molecule has 0 aromatic heterocycles. The first kappa shape index (κ1) is 12.2. The van der Waals surface area contributed by atoms with Gasteiger partial charge in [-0.15, -0.1) is 0 Å². The highest BCUT2D eigenvalue weighted by molar-refractivity contribution is 9.10. The number of piperidine rings is 1. The Morgan fingerprint density at radius 1 is 1.21 bits per heavy atom. The van der Waals surface area contributed by atoms with E-state index in [1.54, 1.807) is 0 Å². The van der Waals surface area contributed by atoms with Crippen molar-refractivity contribution < 1.29 is 0 Å². The minimum Gasteiger partial charge on any atom is -0.368 e. The van der Waals surface area contributed by atoms with Crippen molar-refractivity contribution >= 4 is 21.6 Å². The van der Waals surface area contributed by atoms with Crippen LogP contribution < -0.4 is 10.2 Å². The monoisotopic (exact) mass is 320 g/mol. The van der Waals surface area contributed by atoms with Gasteiger partial charge in [0.1, 0.15) is 0 Å². The SMILES string of the molecule is Brc1ccc(N2CC3CCC2C3)c(CNC2CC2)c1. The van der Waals surface area contributed by atoms with E-state index >= 15 is 0 Å². The molecule has 3 aliphatic rings. The summed E-state index contributed by atoms with van der Waals surface area (Å²) >= 11 is 3.62. The van der Waals surface area contributed by atoms with Crippen LogP contribution in [0.2, 0.25) is 0 Å². The fraction of sp³-hybridized carbons (Fsp3) is 0.625. The van der Waals surface area contributed by atoms with Crippen molar-refractivity contribution in [2.24, 2.45) is 5.92 Å². The molecule has 2 unspecified atom stereocenters. The quantitative estimate of drug-likeness (QED) is 0.910. The van der Waals surface area contributed by atoms with Gasteiger partial charge in [-0.25, -0.2) is 0 Å². The van der Waals surface area contributed by atoms with Crippen LogP contribution in [0, 0.1) is 5.92 Å². The van der Waals surface area contributed by atoms with Crippen LogP contribution in [-0.4, -0.2) is 18.6 Å². The van der Waals surface area contributed by atoms with E-state index in [2.05, 4.69) is 44.3 Å². The number of rotatable bonds is 4. The molecule has 0 radical (unpaired) electrons. The Balaban J connectivity index is 1.58. The van der Waals surface area contributed by atoms with Crippen LogP contribution in [0.1, 0.15) is 37.7 Å². The molecule has 3 fully saturated rings. The molecule has 1 aromatic rings. The number of fused-ring (bicyclic) bond motifs is 2. The van der Waals surface area contributed by atoms with Crippen molar-refractivity contribution in [3.63, 3.8) is 0 Å². The Morgan fingerprint density at radius 3 is 2.79 bits per heavy atom. The summed E-state index contributed by atoms with van der Waals surface area (Å²) in [7, 11) is 0. The van der Waals surface area contributed by atoms with E-state index in [0.717, 1.165) is 24.5 Å². The predicted molar refractivity (Wildman–Crippen MR) is 82.5 cm³/mol. The second kappa shape index (κ2) is 4.78. The number of nitrogens with zero attached hydrogens (tertiary/aromatic N) is 1. The lowest BCUT2D eigenvalue weighted by atomic mass is 10.1. The van der Waals surface area contributed by atoms with Crippen LogP contribution in [0.25, 0.3) is 0 Å². The van der Waals surface area contributed by atoms with E-state index < -0.39 is 0 Å². The molecule has 3 heteroatoms. The number of anilines is 1. The molecule has 1 N–H and O–H groups in total. The zero-order chi connectivity index (χ0) is 12.8. The standard InChI is InChI=1S/C16H21BrN2/c17-13-2-6-16(12(8-13)9-18-14-3-4-14)19-10-11-1-5-15(19)7-11/h2,6,8,11,14-15,18H,1,3-5,7,9-10H2. The van der Waals surface area contributed by atoms with Crippen LogP contribution in [0.4, 0.5) is 5.69 Å². The lowest BCUT2D eigenvalue weighted by Crippen LogP contribution is -2.33. The molecule has 2 aliphatic carbocycles. The largest absolute Gasteiger partial charge is 0.368 e. The molecule has 4 rings (SSSR count). The Labute approximate surface area is 123 Å². The predicted octanol–water partition coefficient (Wildman–Crippen LogP) is 3.69. The average molecular weight is 321 g/mol. The highest BCUT2D eigenvalue weighted by Crippen LogP contribution is 2.41. The smallest absolute Gasteiger partial charge is 0.0415 e. The van der Waals surface area contributed by atoms with E-state index in [-0.39, 0.29) is 0 Å². The first-order chi connectivity index (χ1) is 9.29. The van der Waals surface area contributed by atoms with E-state index in [4.69, 9.17) is 0 Å². The van der Waals surface area contributed by atoms with Gasteiger partial charge in [0.15, 0.2) is 0 Å². The third-order valence-corrected chi connectivity index (χ3v) is 5.41. The zero-order valence-corrected chi connectivity index (χ0v) is 12.8. The van der Waals surface area contributed by atoms with Crippen LogP contribution >= 0.6 is 15.9 Å². The minimum atomic E-state index is 0.780. The molecule has 0 spiro atoms. The lowest BCUT2D eigenvalue weighted by molar-refractivity contribution is 0.551. The molecule has 102 valence electrons. The van der Waals surface area contributed by atoms with Crippen molar-refractivity contribution in [3.8, 4) is 0 Å². The van der Waals surface area contributed by atoms with Crippen molar-refractivity contribution in [2.45, 2.75) is 50.7 Å². The van der Waals surface area contributed by atoms with Crippen LogP contribution in [0.15, 0.2) is 22.7 Å². The van der Waals surface area contributed by atoms with Gasteiger partial charge in [0.25, 0.3) is 0 Å². The molecule has 1 heterocycles. The van der Waals surface area contributed by atoms with Gasteiger partial charge in [-0.1, -0.05) is 15.9 Å². The van der Waals surface area contributed by atoms with E-state index in [0.29, 0.717) is 0 Å². The topological polar surface area (TPSA) is 15.3 Å². The van der Waals surface area contributed by atoms with Gasteiger partial charge in [-0.05, 0) is 61.8 Å². The lowest BCUT2D eigenvalue weighted by Gasteiger charge is -2.31. The number of nitrogens with one attached hydrogen (secondary N) is 1. The summed E-state index contributed by atoms with van der Waals surface area (Å²) in [6.07, 6.45) is 6.99. The summed E-state index contributed by atoms with van der Waals surface area (Å²) in [5, 5.41) is 3.66. The van der Waals surface area contributed by atoms with Gasteiger partial charge in [-0.3, -0.25) is 0 Å². The van der Waals surface area contributed by atoms with E-state index in [1.807, 2.05) is 0 Å². The summed E-state index contributed by atoms with van der Waals surface area (Å²) in [4.78, 5) is 2.67. The fourth-order valence-corrected chi connectivity index (χ4v) is 4.15. The summed E-state index contributed by atoms with van der Waals surface area (Å²) in [6.45, 7) is 2.30. The molecular weight excluding hydrogens is 300 g/mol. The first-order valence-corrected chi connectivity index (χ1v) is 8.37. The van der Waals surface area contributed by atoms with Crippen molar-refractivity contribution in [1.82, 2.24) is 5.32 Å². The Kier molecular flexibility index (Phi) is 3.07. The molecular formula is C16H21BrN2. The number of benzene rings is 1. The Morgan fingerprint density at radius 2 is 2.11 bits per heavy atom. The molecule has 1 saturated heterocycles. The third kappa shape index (κ3) is 2.43. The molecule has 2 nitrogen and oxygen atoms in total. The normalized spacial score (nSPS) is 29.2.